The minimum atomic E-state index is -0.976. The van der Waals surface area contributed by atoms with Crippen LogP contribution in [0.15, 0.2) is 0 Å². The van der Waals surface area contributed by atoms with Gasteiger partial charge < -0.3 is 10.2 Å². The highest BCUT2D eigenvalue weighted by atomic mass is 19.1. The van der Waals surface area contributed by atoms with Gasteiger partial charge in [-0.15, -0.1) is 0 Å². The second-order valence-electron chi connectivity index (χ2n) is 3.14. The van der Waals surface area contributed by atoms with Gasteiger partial charge >= 0.3 is 5.97 Å². The highest BCUT2D eigenvalue weighted by molar-refractivity contribution is 5.67. The summed E-state index contributed by atoms with van der Waals surface area (Å²) in [5, 5.41) is 17.4. The second-order valence-corrected chi connectivity index (χ2v) is 3.14. The first-order valence-corrected chi connectivity index (χ1v) is 4.62. The molecule has 78 valence electrons. The highest BCUT2D eigenvalue weighted by Gasteiger charge is 2.08. The van der Waals surface area contributed by atoms with Crippen LogP contribution >= 0.6 is 0 Å². The Bertz CT molecular complexity index is 139. The van der Waals surface area contributed by atoms with E-state index in [0.29, 0.717) is 12.8 Å². The quantitative estimate of drug-likeness (QED) is 0.576. The van der Waals surface area contributed by atoms with Crippen molar-refractivity contribution in [2.24, 2.45) is 0 Å². The van der Waals surface area contributed by atoms with Crippen LogP contribution < -0.4 is 0 Å². The van der Waals surface area contributed by atoms with Crippen molar-refractivity contribution in [1.82, 2.24) is 0 Å². The van der Waals surface area contributed by atoms with Crippen molar-refractivity contribution in [2.45, 2.75) is 44.6 Å². The zero-order valence-electron chi connectivity index (χ0n) is 7.71. The smallest absolute Gasteiger partial charge is 0.305 e. The maximum absolute atomic E-state index is 11.6. The van der Waals surface area contributed by atoms with Crippen LogP contribution in [0.4, 0.5) is 4.39 Å². The van der Waals surface area contributed by atoms with E-state index in [0.717, 1.165) is 19.3 Å². The van der Waals surface area contributed by atoms with E-state index in [1.807, 2.05) is 0 Å². The molecule has 0 saturated carbocycles. The van der Waals surface area contributed by atoms with Crippen molar-refractivity contribution in [1.29, 1.82) is 0 Å². The predicted molar refractivity (Wildman–Crippen MR) is 47.3 cm³/mol. The Balaban J connectivity index is 3.17. The van der Waals surface area contributed by atoms with Gasteiger partial charge in [-0.2, -0.15) is 0 Å². The van der Waals surface area contributed by atoms with E-state index >= 15 is 0 Å². The van der Waals surface area contributed by atoms with Crippen LogP contribution in [-0.4, -0.2) is 29.0 Å². The van der Waals surface area contributed by atoms with E-state index < -0.39 is 12.1 Å². The number of carboxylic acids is 1. The number of aliphatic hydroxyl groups excluding tert-OH is 1. The van der Waals surface area contributed by atoms with E-state index in [-0.39, 0.29) is 13.1 Å². The zero-order chi connectivity index (χ0) is 10.1. The number of aliphatic hydroxyl groups is 1. The lowest BCUT2D eigenvalue weighted by Gasteiger charge is -2.06. The SMILES string of the molecule is O=C(O)C[C@H](O)CCCCCCF. The molecule has 0 radical (unpaired) electrons. The van der Waals surface area contributed by atoms with E-state index in [1.54, 1.807) is 0 Å². The van der Waals surface area contributed by atoms with Gasteiger partial charge in [0.15, 0.2) is 0 Å². The first kappa shape index (κ1) is 12.4. The van der Waals surface area contributed by atoms with Gasteiger partial charge in [0.1, 0.15) is 0 Å². The lowest BCUT2D eigenvalue weighted by atomic mass is 10.1. The molecule has 13 heavy (non-hydrogen) atoms. The molecule has 0 rings (SSSR count). The Morgan fingerprint density at radius 1 is 1.23 bits per heavy atom. The van der Waals surface area contributed by atoms with Gasteiger partial charge in [-0.25, -0.2) is 0 Å². The third-order valence-electron chi connectivity index (χ3n) is 1.83. The maximum atomic E-state index is 11.6. The fourth-order valence-electron chi connectivity index (χ4n) is 1.13. The minimum absolute atomic E-state index is 0.191. The van der Waals surface area contributed by atoms with Crippen molar-refractivity contribution < 1.29 is 19.4 Å². The number of alkyl halides is 1. The number of hydrogen-bond donors (Lipinski definition) is 2. The van der Waals surface area contributed by atoms with E-state index in [9.17, 15) is 9.18 Å². The normalized spacial score (nSPS) is 12.8. The van der Waals surface area contributed by atoms with Gasteiger partial charge in [0.2, 0.25) is 0 Å². The molecular weight excluding hydrogens is 175 g/mol. The molecular formula is C9H17FO3. The van der Waals surface area contributed by atoms with Gasteiger partial charge in [-0.1, -0.05) is 19.3 Å². The Morgan fingerprint density at radius 2 is 1.85 bits per heavy atom. The standard InChI is InChI=1S/C9H17FO3/c10-6-4-2-1-3-5-8(11)7-9(12)13/h8,11H,1-7H2,(H,12,13)/t8-/m1/s1. The molecule has 0 amide bonds. The lowest BCUT2D eigenvalue weighted by Crippen LogP contribution is -2.12. The van der Waals surface area contributed by atoms with Crippen LogP contribution in [-0.2, 0) is 4.79 Å². The second kappa shape index (κ2) is 7.98. The van der Waals surface area contributed by atoms with Gasteiger partial charge in [-0.05, 0) is 12.8 Å². The fourth-order valence-corrected chi connectivity index (χ4v) is 1.13. The molecule has 3 nitrogen and oxygen atoms in total. The van der Waals surface area contributed by atoms with Crippen LogP contribution in [0.25, 0.3) is 0 Å². The zero-order valence-corrected chi connectivity index (χ0v) is 7.71. The van der Waals surface area contributed by atoms with E-state index in [1.165, 1.54) is 0 Å². The van der Waals surface area contributed by atoms with Crippen molar-refractivity contribution >= 4 is 5.97 Å². The maximum Gasteiger partial charge on any atom is 0.305 e. The molecule has 2 N–H and O–H groups in total. The molecule has 0 unspecified atom stereocenters. The van der Waals surface area contributed by atoms with Crippen molar-refractivity contribution in [3.8, 4) is 0 Å². The topological polar surface area (TPSA) is 57.5 Å². The molecule has 4 heteroatoms. The van der Waals surface area contributed by atoms with Crippen LogP contribution in [0.2, 0.25) is 0 Å². The number of carbonyl (C=O) groups is 1. The first-order valence-electron chi connectivity index (χ1n) is 4.62. The van der Waals surface area contributed by atoms with E-state index in [2.05, 4.69) is 0 Å². The third kappa shape index (κ3) is 9.27. The third-order valence-corrected chi connectivity index (χ3v) is 1.83. The summed E-state index contributed by atoms with van der Waals surface area (Å²) in [6.45, 7) is -0.294. The summed E-state index contributed by atoms with van der Waals surface area (Å²) in [5.74, 6) is -0.976. The number of halogens is 1. The molecule has 0 heterocycles. The van der Waals surface area contributed by atoms with E-state index in [4.69, 9.17) is 10.2 Å². The Morgan fingerprint density at radius 3 is 2.38 bits per heavy atom. The first-order chi connectivity index (χ1) is 6.16. The van der Waals surface area contributed by atoms with Crippen LogP contribution in [0, 0.1) is 0 Å². The van der Waals surface area contributed by atoms with Gasteiger partial charge in [0.25, 0.3) is 0 Å². The summed E-state index contributed by atoms with van der Waals surface area (Å²) in [7, 11) is 0. The predicted octanol–water partition coefficient (Wildman–Crippen LogP) is 1.74. The summed E-state index contributed by atoms with van der Waals surface area (Å²) in [5.41, 5.74) is 0. The number of rotatable bonds is 8. The molecule has 0 aliphatic carbocycles. The summed E-state index contributed by atoms with van der Waals surface area (Å²) < 4.78 is 11.6. The van der Waals surface area contributed by atoms with Gasteiger partial charge in [0, 0.05) is 0 Å². The summed E-state index contributed by atoms with van der Waals surface area (Å²) in [6.07, 6.45) is 2.57. The number of unbranched alkanes of at least 4 members (excludes halogenated alkanes) is 3. The molecule has 0 saturated heterocycles. The molecule has 0 aromatic rings. The number of aliphatic carboxylic acids is 1. The van der Waals surface area contributed by atoms with Crippen LogP contribution in [0.3, 0.4) is 0 Å². The van der Waals surface area contributed by atoms with Crippen molar-refractivity contribution in [3.63, 3.8) is 0 Å². The van der Waals surface area contributed by atoms with Crippen LogP contribution in [0.1, 0.15) is 38.5 Å². The average molecular weight is 192 g/mol. The summed E-state index contributed by atoms with van der Waals surface area (Å²) in [6, 6.07) is 0. The summed E-state index contributed by atoms with van der Waals surface area (Å²) in [4.78, 5) is 10.1. The number of hydrogen-bond acceptors (Lipinski definition) is 2. The van der Waals surface area contributed by atoms with Crippen molar-refractivity contribution in [2.75, 3.05) is 6.67 Å². The molecule has 0 aromatic heterocycles. The molecule has 1 atom stereocenters. The lowest BCUT2D eigenvalue weighted by molar-refractivity contribution is -0.139. The fraction of sp³-hybridized carbons (Fsp3) is 0.889. The highest BCUT2D eigenvalue weighted by Crippen LogP contribution is 2.07. The monoisotopic (exact) mass is 192 g/mol. The molecule has 0 aromatic carbocycles. The molecule has 0 bridgehead atoms. The Kier molecular flexibility index (Phi) is 7.59. The van der Waals surface area contributed by atoms with Crippen LogP contribution in [0.5, 0.6) is 0 Å². The molecule has 0 spiro atoms. The number of carboxylic acid groups (broad SMARTS) is 1. The average Bonchev–Trinajstić information content (AvgIpc) is 2.02. The Labute approximate surface area is 77.6 Å². The van der Waals surface area contributed by atoms with Crippen molar-refractivity contribution in [3.05, 3.63) is 0 Å². The molecule has 0 aliphatic heterocycles. The summed E-state index contributed by atoms with van der Waals surface area (Å²) >= 11 is 0. The minimum Gasteiger partial charge on any atom is -0.481 e. The molecule has 0 aliphatic rings. The van der Waals surface area contributed by atoms with Gasteiger partial charge in [-0.3, -0.25) is 9.18 Å². The molecule has 0 fully saturated rings. The van der Waals surface area contributed by atoms with Gasteiger partial charge in [0.05, 0.1) is 19.2 Å². The largest absolute Gasteiger partial charge is 0.481 e. The Hall–Kier alpha value is -0.640.